The van der Waals surface area contributed by atoms with Crippen LogP contribution in [0.3, 0.4) is 0 Å². The summed E-state index contributed by atoms with van der Waals surface area (Å²) in [6.07, 6.45) is -0.218. The van der Waals surface area contributed by atoms with Gasteiger partial charge in [-0.05, 0) is 17.7 Å². The molecule has 1 aromatic rings. The largest absolute Gasteiger partial charge is 0.481 e. The Morgan fingerprint density at radius 1 is 1.50 bits per heavy atom. The highest BCUT2D eigenvalue weighted by atomic mass is 32.2. The fourth-order valence-electron chi connectivity index (χ4n) is 1.20. The molecule has 0 aliphatic heterocycles. The van der Waals surface area contributed by atoms with Crippen LogP contribution in [0, 0.1) is 0 Å². The Balaban J connectivity index is 2.98. The molecule has 0 radical (unpaired) electrons. The van der Waals surface area contributed by atoms with Crippen LogP contribution in [0.15, 0.2) is 28.6 Å². The van der Waals surface area contributed by atoms with Gasteiger partial charge in [-0.2, -0.15) is 8.42 Å². The van der Waals surface area contributed by atoms with Gasteiger partial charge >= 0.3 is 16.5 Å². The van der Waals surface area contributed by atoms with E-state index >= 15 is 0 Å². The van der Waals surface area contributed by atoms with Crippen molar-refractivity contribution in [2.75, 3.05) is 0 Å². The summed E-state index contributed by atoms with van der Waals surface area (Å²) in [6, 6.07) is 5.46. The standard InChI is InChI=1S/C9H10N2O4S/c10-8(5-9(12)13)6-2-1-3-7(4-6)11-16(14)15/h1-4,8H,5,10H2,(H,12,13). The third-order valence-corrected chi connectivity index (χ3v) is 2.23. The van der Waals surface area contributed by atoms with Crippen LogP contribution < -0.4 is 5.73 Å². The first kappa shape index (κ1) is 12.3. The quantitative estimate of drug-likeness (QED) is 0.813. The molecule has 0 aromatic heterocycles. The molecule has 1 atom stereocenters. The first-order chi connectivity index (χ1) is 7.49. The van der Waals surface area contributed by atoms with Gasteiger partial charge in [0.05, 0.1) is 12.1 Å². The zero-order valence-electron chi connectivity index (χ0n) is 8.20. The van der Waals surface area contributed by atoms with E-state index in [2.05, 4.69) is 4.36 Å². The van der Waals surface area contributed by atoms with Gasteiger partial charge in [-0.1, -0.05) is 12.1 Å². The zero-order valence-corrected chi connectivity index (χ0v) is 9.02. The van der Waals surface area contributed by atoms with Crippen LogP contribution in [0.5, 0.6) is 0 Å². The van der Waals surface area contributed by atoms with E-state index in [0.717, 1.165) is 0 Å². The average Bonchev–Trinajstić information content (AvgIpc) is 2.16. The maximum Gasteiger partial charge on any atom is 0.316 e. The van der Waals surface area contributed by atoms with E-state index in [1.165, 1.54) is 12.1 Å². The van der Waals surface area contributed by atoms with Crippen molar-refractivity contribution in [1.29, 1.82) is 0 Å². The van der Waals surface area contributed by atoms with Gasteiger partial charge in [0, 0.05) is 6.04 Å². The van der Waals surface area contributed by atoms with E-state index in [-0.39, 0.29) is 12.1 Å². The van der Waals surface area contributed by atoms with Crippen LogP contribution >= 0.6 is 0 Å². The minimum absolute atomic E-state index is 0.218. The minimum atomic E-state index is -2.53. The zero-order chi connectivity index (χ0) is 12.1. The van der Waals surface area contributed by atoms with Crippen molar-refractivity contribution in [2.45, 2.75) is 12.5 Å². The molecule has 7 heteroatoms. The lowest BCUT2D eigenvalue weighted by Crippen LogP contribution is -2.14. The van der Waals surface area contributed by atoms with Gasteiger partial charge < -0.3 is 10.8 Å². The lowest BCUT2D eigenvalue weighted by molar-refractivity contribution is -0.137. The summed E-state index contributed by atoms with van der Waals surface area (Å²) in [5, 5.41) is 8.56. The first-order valence-corrected chi connectivity index (χ1v) is 5.40. The summed E-state index contributed by atoms with van der Waals surface area (Å²) in [5.41, 5.74) is 6.38. The number of aliphatic carboxylic acids is 1. The van der Waals surface area contributed by atoms with Crippen LogP contribution in [-0.4, -0.2) is 19.5 Å². The van der Waals surface area contributed by atoms with Crippen molar-refractivity contribution >= 4 is 22.2 Å². The summed E-state index contributed by atoms with van der Waals surface area (Å²) in [4.78, 5) is 10.4. The third-order valence-electron chi connectivity index (χ3n) is 1.87. The molecule has 0 heterocycles. The maximum atomic E-state index is 10.4. The molecule has 0 aliphatic carbocycles. The molecule has 1 aromatic carbocycles. The molecule has 0 aliphatic rings. The van der Waals surface area contributed by atoms with Gasteiger partial charge in [0.25, 0.3) is 0 Å². The lowest BCUT2D eigenvalue weighted by Gasteiger charge is -2.08. The molecule has 0 bridgehead atoms. The number of benzene rings is 1. The van der Waals surface area contributed by atoms with E-state index in [1.807, 2.05) is 0 Å². The van der Waals surface area contributed by atoms with Crippen LogP contribution in [0.4, 0.5) is 5.69 Å². The van der Waals surface area contributed by atoms with E-state index in [0.29, 0.717) is 5.56 Å². The van der Waals surface area contributed by atoms with Gasteiger partial charge in [0.1, 0.15) is 0 Å². The molecular formula is C9H10N2O4S. The molecule has 0 spiro atoms. The van der Waals surface area contributed by atoms with Gasteiger partial charge in [-0.3, -0.25) is 4.79 Å². The summed E-state index contributed by atoms with van der Waals surface area (Å²) in [6.45, 7) is 0. The lowest BCUT2D eigenvalue weighted by atomic mass is 10.0. The van der Waals surface area contributed by atoms with Gasteiger partial charge in [-0.15, -0.1) is 4.36 Å². The number of nitrogens with two attached hydrogens (primary N) is 1. The summed E-state index contributed by atoms with van der Waals surface area (Å²) < 4.78 is 24.0. The Morgan fingerprint density at radius 2 is 2.19 bits per heavy atom. The average molecular weight is 242 g/mol. The van der Waals surface area contributed by atoms with Crippen molar-refractivity contribution in [1.82, 2.24) is 0 Å². The highest BCUT2D eigenvalue weighted by Gasteiger charge is 2.10. The minimum Gasteiger partial charge on any atom is -0.481 e. The van der Waals surface area contributed by atoms with Crippen molar-refractivity contribution in [3.8, 4) is 0 Å². The van der Waals surface area contributed by atoms with Crippen molar-refractivity contribution in [3.63, 3.8) is 0 Å². The van der Waals surface area contributed by atoms with Crippen molar-refractivity contribution in [3.05, 3.63) is 29.8 Å². The smallest absolute Gasteiger partial charge is 0.316 e. The molecule has 86 valence electrons. The van der Waals surface area contributed by atoms with Crippen LogP contribution in [-0.2, 0) is 15.3 Å². The predicted octanol–water partition coefficient (Wildman–Crippen LogP) is 0.855. The fraction of sp³-hybridized carbons (Fsp3) is 0.222. The number of carboxylic acids is 1. The maximum absolute atomic E-state index is 10.4. The molecule has 0 fully saturated rings. The number of nitrogens with zero attached hydrogens (tertiary/aromatic N) is 1. The Morgan fingerprint density at radius 3 is 2.75 bits per heavy atom. The Bertz CT molecular complexity index is 516. The summed E-state index contributed by atoms with van der Waals surface area (Å²) in [5.74, 6) is -1.01. The van der Waals surface area contributed by atoms with Crippen LogP contribution in [0.1, 0.15) is 18.0 Å². The topological polar surface area (TPSA) is 110 Å². The molecule has 0 saturated carbocycles. The third kappa shape index (κ3) is 3.79. The second-order valence-electron chi connectivity index (χ2n) is 3.11. The SMILES string of the molecule is NC(CC(=O)O)c1cccc(N=S(=O)=O)c1. The Kier molecular flexibility index (Phi) is 4.15. The van der Waals surface area contributed by atoms with Gasteiger partial charge in [0.15, 0.2) is 0 Å². The summed E-state index contributed by atoms with van der Waals surface area (Å²) >= 11 is 0. The summed E-state index contributed by atoms with van der Waals surface area (Å²) in [7, 11) is -2.53. The second kappa shape index (κ2) is 5.38. The van der Waals surface area contributed by atoms with Crippen molar-refractivity contribution in [2.24, 2.45) is 10.1 Å². The van der Waals surface area contributed by atoms with Crippen LogP contribution in [0.25, 0.3) is 0 Å². The van der Waals surface area contributed by atoms with Crippen molar-refractivity contribution < 1.29 is 18.3 Å². The molecule has 3 N–H and O–H groups in total. The molecule has 0 saturated heterocycles. The molecule has 1 unspecified atom stereocenters. The number of carbonyl (C=O) groups is 1. The predicted molar refractivity (Wildman–Crippen MR) is 56.6 cm³/mol. The Labute approximate surface area is 93.4 Å². The Hall–Kier alpha value is -1.73. The normalized spacial score (nSPS) is 11.8. The highest BCUT2D eigenvalue weighted by molar-refractivity contribution is 7.61. The number of hydrogen-bond donors (Lipinski definition) is 2. The van der Waals surface area contributed by atoms with E-state index in [4.69, 9.17) is 10.8 Å². The van der Waals surface area contributed by atoms with E-state index < -0.39 is 22.5 Å². The second-order valence-corrected chi connectivity index (χ2v) is 3.72. The first-order valence-electron chi connectivity index (χ1n) is 4.37. The van der Waals surface area contributed by atoms with Gasteiger partial charge in [0.2, 0.25) is 0 Å². The fourth-order valence-corrected chi connectivity index (χ4v) is 1.49. The number of carboxylic acid groups (broad SMARTS) is 1. The van der Waals surface area contributed by atoms with Crippen LogP contribution in [0.2, 0.25) is 0 Å². The van der Waals surface area contributed by atoms with Gasteiger partial charge in [-0.25, -0.2) is 0 Å². The number of hydrogen-bond acceptors (Lipinski definition) is 5. The molecule has 6 nitrogen and oxygen atoms in total. The molecule has 0 amide bonds. The monoisotopic (exact) mass is 242 g/mol. The van der Waals surface area contributed by atoms with E-state index in [1.54, 1.807) is 12.1 Å². The van der Waals surface area contributed by atoms with E-state index in [9.17, 15) is 13.2 Å². The number of rotatable bonds is 4. The molecular weight excluding hydrogens is 232 g/mol. The highest BCUT2D eigenvalue weighted by Crippen LogP contribution is 2.20. The molecule has 1 rings (SSSR count). The molecule has 16 heavy (non-hydrogen) atoms.